The number of methoxy groups -OCH3 is 1. The Hall–Kier alpha value is -0.870. The number of anilines is 1. The standard InChI is InChI=1S/C14H22N2OS/c1-14(2)10-16(6-7-18-14)13-8-12(17-3)5-4-11(13)9-15/h4-5,8H,6-7,9-10,15H2,1-3H3. The Morgan fingerprint density at radius 2 is 2.22 bits per heavy atom. The zero-order valence-electron chi connectivity index (χ0n) is 11.4. The number of ether oxygens (including phenoxy) is 1. The molecule has 0 amide bonds. The van der Waals surface area contributed by atoms with E-state index in [-0.39, 0.29) is 0 Å². The molecule has 1 heterocycles. The molecule has 3 nitrogen and oxygen atoms in total. The molecule has 1 aromatic rings. The SMILES string of the molecule is COc1ccc(CN)c(N2CCSC(C)(C)C2)c1. The second-order valence-corrected chi connectivity index (χ2v) is 7.03. The third-order valence-corrected chi connectivity index (χ3v) is 4.58. The maximum atomic E-state index is 5.84. The van der Waals surface area contributed by atoms with Crippen LogP contribution in [0.25, 0.3) is 0 Å². The number of thioether (sulfide) groups is 1. The van der Waals surface area contributed by atoms with Crippen LogP contribution in [0.1, 0.15) is 19.4 Å². The fraction of sp³-hybridized carbons (Fsp3) is 0.571. The molecule has 0 aromatic heterocycles. The van der Waals surface area contributed by atoms with E-state index in [1.54, 1.807) is 7.11 Å². The molecule has 1 aliphatic heterocycles. The van der Waals surface area contributed by atoms with E-state index in [1.165, 1.54) is 11.3 Å². The van der Waals surface area contributed by atoms with Crippen molar-refractivity contribution in [3.05, 3.63) is 23.8 Å². The average molecular weight is 266 g/mol. The minimum absolute atomic E-state index is 0.299. The second-order valence-electron chi connectivity index (χ2n) is 5.23. The predicted octanol–water partition coefficient (Wildman–Crippen LogP) is 2.49. The van der Waals surface area contributed by atoms with Crippen LogP contribution in [-0.2, 0) is 6.54 Å². The summed E-state index contributed by atoms with van der Waals surface area (Å²) in [5, 5.41) is 0. The van der Waals surface area contributed by atoms with Crippen molar-refractivity contribution in [3.63, 3.8) is 0 Å². The zero-order valence-corrected chi connectivity index (χ0v) is 12.2. The van der Waals surface area contributed by atoms with Gasteiger partial charge in [0.1, 0.15) is 5.75 Å². The third-order valence-electron chi connectivity index (χ3n) is 3.28. The van der Waals surface area contributed by atoms with Gasteiger partial charge in [-0.15, -0.1) is 0 Å². The molecule has 2 N–H and O–H groups in total. The number of benzene rings is 1. The van der Waals surface area contributed by atoms with Crippen LogP contribution in [0.2, 0.25) is 0 Å². The van der Waals surface area contributed by atoms with Gasteiger partial charge in [-0.25, -0.2) is 0 Å². The summed E-state index contributed by atoms with van der Waals surface area (Å²) < 4.78 is 5.62. The normalized spacial score (nSPS) is 18.8. The summed E-state index contributed by atoms with van der Waals surface area (Å²) in [6, 6.07) is 6.16. The van der Waals surface area contributed by atoms with Gasteiger partial charge < -0.3 is 15.4 Å². The number of nitrogens with zero attached hydrogens (tertiary/aromatic N) is 1. The molecule has 0 bridgehead atoms. The van der Waals surface area contributed by atoms with Gasteiger partial charge >= 0.3 is 0 Å². The summed E-state index contributed by atoms with van der Waals surface area (Å²) in [6.45, 7) is 7.30. The van der Waals surface area contributed by atoms with E-state index >= 15 is 0 Å². The van der Waals surface area contributed by atoms with E-state index < -0.39 is 0 Å². The predicted molar refractivity (Wildman–Crippen MR) is 79.6 cm³/mol. The molecule has 18 heavy (non-hydrogen) atoms. The van der Waals surface area contributed by atoms with Crippen molar-refractivity contribution in [1.82, 2.24) is 0 Å². The maximum absolute atomic E-state index is 5.84. The summed E-state index contributed by atoms with van der Waals surface area (Å²) in [5.41, 5.74) is 8.26. The topological polar surface area (TPSA) is 38.5 Å². The summed E-state index contributed by atoms with van der Waals surface area (Å²) >= 11 is 2.04. The van der Waals surface area contributed by atoms with Crippen LogP contribution in [0.4, 0.5) is 5.69 Å². The van der Waals surface area contributed by atoms with Crippen molar-refractivity contribution in [3.8, 4) is 5.75 Å². The van der Waals surface area contributed by atoms with Crippen LogP contribution >= 0.6 is 11.8 Å². The van der Waals surface area contributed by atoms with Crippen molar-refractivity contribution in [1.29, 1.82) is 0 Å². The highest BCUT2D eigenvalue weighted by atomic mass is 32.2. The molecule has 0 spiro atoms. The van der Waals surface area contributed by atoms with Crippen molar-refractivity contribution in [2.24, 2.45) is 5.73 Å². The van der Waals surface area contributed by atoms with Gasteiger partial charge in [0, 0.05) is 41.9 Å². The molecule has 1 aromatic carbocycles. The molecule has 0 aliphatic carbocycles. The number of hydrogen-bond acceptors (Lipinski definition) is 4. The largest absolute Gasteiger partial charge is 0.497 e. The lowest BCUT2D eigenvalue weighted by Crippen LogP contribution is -2.43. The van der Waals surface area contributed by atoms with Crippen molar-refractivity contribution >= 4 is 17.4 Å². The maximum Gasteiger partial charge on any atom is 0.120 e. The first-order valence-corrected chi connectivity index (χ1v) is 7.30. The van der Waals surface area contributed by atoms with Crippen molar-refractivity contribution < 1.29 is 4.74 Å². The van der Waals surface area contributed by atoms with Gasteiger partial charge in [-0.2, -0.15) is 11.8 Å². The quantitative estimate of drug-likeness (QED) is 0.912. The minimum Gasteiger partial charge on any atom is -0.497 e. The van der Waals surface area contributed by atoms with Gasteiger partial charge in [0.2, 0.25) is 0 Å². The molecule has 0 radical (unpaired) electrons. The summed E-state index contributed by atoms with van der Waals surface area (Å²) in [7, 11) is 1.71. The third kappa shape index (κ3) is 2.93. The monoisotopic (exact) mass is 266 g/mol. The zero-order chi connectivity index (χ0) is 13.2. The molecule has 2 rings (SSSR count). The molecular formula is C14H22N2OS. The molecule has 1 aliphatic rings. The molecule has 1 fully saturated rings. The van der Waals surface area contributed by atoms with E-state index in [1.807, 2.05) is 17.8 Å². The highest BCUT2D eigenvalue weighted by Gasteiger charge is 2.28. The summed E-state index contributed by atoms with van der Waals surface area (Å²) in [4.78, 5) is 2.43. The fourth-order valence-electron chi connectivity index (χ4n) is 2.36. The first-order chi connectivity index (χ1) is 8.55. The molecular weight excluding hydrogens is 244 g/mol. The summed E-state index contributed by atoms with van der Waals surface area (Å²) in [5.74, 6) is 2.06. The van der Waals surface area contributed by atoms with Crippen LogP contribution in [0.3, 0.4) is 0 Å². The van der Waals surface area contributed by atoms with E-state index in [4.69, 9.17) is 10.5 Å². The second kappa shape index (κ2) is 5.41. The van der Waals surface area contributed by atoms with Crippen LogP contribution in [-0.4, -0.2) is 30.7 Å². The van der Waals surface area contributed by atoms with Gasteiger partial charge in [-0.3, -0.25) is 0 Å². The van der Waals surface area contributed by atoms with Crippen LogP contribution < -0.4 is 15.4 Å². The van der Waals surface area contributed by atoms with Gasteiger partial charge in [-0.05, 0) is 25.5 Å². The van der Waals surface area contributed by atoms with Gasteiger partial charge in [-0.1, -0.05) is 6.07 Å². The number of rotatable bonds is 3. The van der Waals surface area contributed by atoms with Crippen LogP contribution in [0.5, 0.6) is 5.75 Å². The van der Waals surface area contributed by atoms with E-state index in [0.29, 0.717) is 11.3 Å². The Morgan fingerprint density at radius 3 is 2.83 bits per heavy atom. The van der Waals surface area contributed by atoms with E-state index in [2.05, 4.69) is 30.9 Å². The van der Waals surface area contributed by atoms with Gasteiger partial charge in [0.15, 0.2) is 0 Å². The Kier molecular flexibility index (Phi) is 4.07. The van der Waals surface area contributed by atoms with Gasteiger partial charge in [0.25, 0.3) is 0 Å². The van der Waals surface area contributed by atoms with Crippen LogP contribution in [0.15, 0.2) is 18.2 Å². The smallest absolute Gasteiger partial charge is 0.120 e. The molecule has 4 heteroatoms. The van der Waals surface area contributed by atoms with Crippen molar-refractivity contribution in [2.45, 2.75) is 25.1 Å². The average Bonchev–Trinajstić information content (AvgIpc) is 2.36. The lowest BCUT2D eigenvalue weighted by molar-refractivity contribution is 0.414. The lowest BCUT2D eigenvalue weighted by atomic mass is 10.1. The van der Waals surface area contributed by atoms with E-state index in [9.17, 15) is 0 Å². The van der Waals surface area contributed by atoms with Crippen LogP contribution in [0, 0.1) is 0 Å². The van der Waals surface area contributed by atoms with E-state index in [0.717, 1.165) is 24.6 Å². The highest BCUT2D eigenvalue weighted by Crippen LogP contribution is 2.34. The first kappa shape index (κ1) is 13.6. The molecule has 1 saturated heterocycles. The Morgan fingerprint density at radius 1 is 1.44 bits per heavy atom. The minimum atomic E-state index is 0.299. The molecule has 100 valence electrons. The first-order valence-electron chi connectivity index (χ1n) is 6.31. The Bertz CT molecular complexity index is 420. The molecule has 0 unspecified atom stereocenters. The lowest BCUT2D eigenvalue weighted by Gasteiger charge is -2.39. The Balaban J connectivity index is 2.30. The molecule has 0 saturated carbocycles. The fourth-order valence-corrected chi connectivity index (χ4v) is 3.47. The van der Waals surface area contributed by atoms with Gasteiger partial charge in [0.05, 0.1) is 7.11 Å². The highest BCUT2D eigenvalue weighted by molar-refractivity contribution is 8.00. The number of hydrogen-bond donors (Lipinski definition) is 1. The summed E-state index contributed by atoms with van der Waals surface area (Å²) in [6.07, 6.45) is 0. The number of nitrogens with two attached hydrogens (primary N) is 1. The Labute approximate surface area is 114 Å². The van der Waals surface area contributed by atoms with Crippen molar-refractivity contribution in [2.75, 3.05) is 30.9 Å². The molecule has 0 atom stereocenters.